The van der Waals surface area contributed by atoms with Crippen LogP contribution < -0.4 is 5.32 Å². The number of carbonyl (C=O) groups excluding carboxylic acids is 2. The van der Waals surface area contributed by atoms with Gasteiger partial charge in [-0.15, -0.1) is 0 Å². The zero-order chi connectivity index (χ0) is 22.4. The molecule has 170 valence electrons. The predicted molar refractivity (Wildman–Crippen MR) is 121 cm³/mol. The van der Waals surface area contributed by atoms with Gasteiger partial charge in [-0.05, 0) is 37.7 Å². The number of rotatable bonds is 15. The minimum absolute atomic E-state index is 0.00308. The van der Waals surface area contributed by atoms with E-state index >= 15 is 0 Å². The molecule has 0 fully saturated rings. The smallest absolute Gasteiger partial charge is 0.310 e. The Morgan fingerprint density at radius 1 is 0.900 bits per heavy atom. The molecule has 0 radical (unpaired) electrons. The number of hydrogen-bond acceptors (Lipinski definition) is 5. The van der Waals surface area contributed by atoms with Crippen molar-refractivity contribution in [2.45, 2.75) is 72.8 Å². The van der Waals surface area contributed by atoms with Crippen LogP contribution in [0.5, 0.6) is 0 Å². The second kappa shape index (κ2) is 15.0. The van der Waals surface area contributed by atoms with Crippen LogP contribution >= 0.6 is 0 Å². The van der Waals surface area contributed by atoms with Crippen LogP contribution in [0.2, 0.25) is 0 Å². The van der Waals surface area contributed by atoms with Crippen molar-refractivity contribution in [3.05, 3.63) is 35.9 Å². The Bertz CT molecular complexity index is 604. The van der Waals surface area contributed by atoms with E-state index in [1.165, 1.54) is 5.56 Å². The molecule has 0 aliphatic rings. The summed E-state index contributed by atoms with van der Waals surface area (Å²) in [5, 5.41) is 3.48. The second-order valence-electron chi connectivity index (χ2n) is 8.30. The summed E-state index contributed by atoms with van der Waals surface area (Å²) in [6.07, 6.45) is 4.31. The van der Waals surface area contributed by atoms with Gasteiger partial charge >= 0.3 is 11.9 Å². The molecular formula is C25H41NO4. The van der Waals surface area contributed by atoms with E-state index in [1.54, 1.807) is 0 Å². The summed E-state index contributed by atoms with van der Waals surface area (Å²) < 4.78 is 10.9. The third-order valence-electron chi connectivity index (χ3n) is 5.55. The first-order chi connectivity index (χ1) is 14.4. The maximum absolute atomic E-state index is 12.8. The number of benzene rings is 1. The van der Waals surface area contributed by atoms with Gasteiger partial charge in [-0.25, -0.2) is 0 Å². The Kier molecular flexibility index (Phi) is 13.1. The number of unbranched alkanes of at least 4 members (excludes halogenated alkanes) is 2. The number of ether oxygens (including phenoxy) is 2. The topological polar surface area (TPSA) is 64.6 Å². The van der Waals surface area contributed by atoms with Gasteiger partial charge in [-0.1, -0.05) is 70.9 Å². The highest BCUT2D eigenvalue weighted by Crippen LogP contribution is 2.24. The van der Waals surface area contributed by atoms with Crippen LogP contribution in [0.4, 0.5) is 0 Å². The van der Waals surface area contributed by atoms with Crippen LogP contribution in [-0.4, -0.2) is 31.7 Å². The van der Waals surface area contributed by atoms with E-state index in [4.69, 9.17) is 9.47 Å². The van der Waals surface area contributed by atoms with Gasteiger partial charge in [0.2, 0.25) is 0 Å². The van der Waals surface area contributed by atoms with E-state index in [9.17, 15) is 9.59 Å². The summed E-state index contributed by atoms with van der Waals surface area (Å²) in [5.74, 6) is -0.911. The molecule has 1 rings (SSSR count). The zero-order valence-electron chi connectivity index (χ0n) is 19.5. The van der Waals surface area contributed by atoms with Gasteiger partial charge in [0.1, 0.15) is 0 Å². The van der Waals surface area contributed by atoms with E-state index in [-0.39, 0.29) is 35.7 Å². The van der Waals surface area contributed by atoms with Gasteiger partial charge in [0.05, 0.1) is 25.0 Å². The molecular weight excluding hydrogens is 378 g/mol. The average molecular weight is 420 g/mol. The quantitative estimate of drug-likeness (QED) is 0.309. The molecule has 0 amide bonds. The largest absolute Gasteiger partial charge is 0.465 e. The van der Waals surface area contributed by atoms with Crippen LogP contribution in [0.3, 0.4) is 0 Å². The monoisotopic (exact) mass is 419 g/mol. The lowest BCUT2D eigenvalue weighted by atomic mass is 9.86. The van der Waals surface area contributed by atoms with E-state index in [0.717, 1.165) is 25.7 Å². The Morgan fingerprint density at radius 2 is 1.47 bits per heavy atom. The first kappa shape index (κ1) is 26.2. The fourth-order valence-electron chi connectivity index (χ4n) is 3.38. The molecule has 5 nitrogen and oxygen atoms in total. The first-order valence-corrected chi connectivity index (χ1v) is 11.5. The van der Waals surface area contributed by atoms with E-state index < -0.39 is 0 Å². The van der Waals surface area contributed by atoms with Crippen molar-refractivity contribution in [1.29, 1.82) is 0 Å². The Balaban J connectivity index is 2.70. The summed E-state index contributed by atoms with van der Waals surface area (Å²) in [4.78, 5) is 25.0. The lowest BCUT2D eigenvalue weighted by molar-refractivity contribution is -0.153. The minimum atomic E-state index is -0.307. The molecule has 0 aliphatic carbocycles. The van der Waals surface area contributed by atoms with Crippen molar-refractivity contribution in [2.75, 3.05) is 19.8 Å². The van der Waals surface area contributed by atoms with Gasteiger partial charge in [-0.2, -0.15) is 0 Å². The van der Waals surface area contributed by atoms with Crippen molar-refractivity contribution >= 4 is 11.9 Å². The fraction of sp³-hybridized carbons (Fsp3) is 0.680. The number of hydrogen-bond donors (Lipinski definition) is 1. The van der Waals surface area contributed by atoms with Crippen molar-refractivity contribution in [3.63, 3.8) is 0 Å². The molecule has 1 N–H and O–H groups in total. The summed E-state index contributed by atoms with van der Waals surface area (Å²) in [7, 11) is 0. The molecule has 4 atom stereocenters. The molecule has 0 heterocycles. The Labute approximate surface area is 182 Å². The van der Waals surface area contributed by atoms with Crippen LogP contribution in [0.1, 0.15) is 78.3 Å². The van der Waals surface area contributed by atoms with Crippen LogP contribution in [0.25, 0.3) is 0 Å². The van der Waals surface area contributed by atoms with Crippen molar-refractivity contribution in [3.8, 4) is 0 Å². The Morgan fingerprint density at radius 3 is 2.03 bits per heavy atom. The van der Waals surface area contributed by atoms with Gasteiger partial charge in [0, 0.05) is 12.6 Å². The normalized spacial score (nSPS) is 15.1. The highest BCUT2D eigenvalue weighted by molar-refractivity contribution is 5.74. The molecule has 0 saturated heterocycles. The third kappa shape index (κ3) is 9.75. The summed E-state index contributed by atoms with van der Waals surface area (Å²) in [5.41, 5.74) is 1.18. The lowest BCUT2D eigenvalue weighted by Crippen LogP contribution is -2.36. The zero-order valence-corrected chi connectivity index (χ0v) is 19.5. The van der Waals surface area contributed by atoms with E-state index in [1.807, 2.05) is 32.0 Å². The van der Waals surface area contributed by atoms with Gasteiger partial charge < -0.3 is 14.8 Å². The predicted octanol–water partition coefficient (Wildman–Crippen LogP) is 5.30. The summed E-state index contributed by atoms with van der Waals surface area (Å²) in [6.45, 7) is 11.6. The fourth-order valence-corrected chi connectivity index (χ4v) is 3.38. The molecule has 0 saturated carbocycles. The molecule has 1 aromatic carbocycles. The maximum atomic E-state index is 12.8. The molecule has 0 bridgehead atoms. The van der Waals surface area contributed by atoms with E-state index in [0.29, 0.717) is 26.2 Å². The van der Waals surface area contributed by atoms with E-state index in [2.05, 4.69) is 38.2 Å². The van der Waals surface area contributed by atoms with Gasteiger partial charge in [0.25, 0.3) is 0 Å². The van der Waals surface area contributed by atoms with Crippen molar-refractivity contribution < 1.29 is 19.1 Å². The number of carbonyl (C=O) groups is 2. The Hall–Kier alpha value is -1.88. The average Bonchev–Trinajstić information content (AvgIpc) is 2.74. The van der Waals surface area contributed by atoms with Crippen LogP contribution in [0.15, 0.2) is 30.3 Å². The molecule has 4 unspecified atom stereocenters. The summed E-state index contributed by atoms with van der Waals surface area (Å²) >= 11 is 0. The molecule has 5 heteroatoms. The maximum Gasteiger partial charge on any atom is 0.310 e. The second-order valence-corrected chi connectivity index (χ2v) is 8.30. The van der Waals surface area contributed by atoms with Gasteiger partial charge in [0.15, 0.2) is 0 Å². The number of esters is 2. The lowest BCUT2D eigenvalue weighted by Gasteiger charge is -2.26. The van der Waals surface area contributed by atoms with Crippen LogP contribution in [0, 0.1) is 17.8 Å². The minimum Gasteiger partial charge on any atom is -0.465 e. The molecule has 1 aromatic rings. The molecule has 0 aliphatic heterocycles. The SMILES string of the molecule is CCCCOC(=O)C(C)CC(C)C(CNC(C)c1ccccc1)C(=O)OCCCC. The molecule has 0 aromatic heterocycles. The van der Waals surface area contributed by atoms with Gasteiger partial charge in [-0.3, -0.25) is 9.59 Å². The first-order valence-electron chi connectivity index (χ1n) is 11.5. The van der Waals surface area contributed by atoms with Crippen molar-refractivity contribution in [1.82, 2.24) is 5.32 Å². The van der Waals surface area contributed by atoms with Crippen LogP contribution in [-0.2, 0) is 19.1 Å². The third-order valence-corrected chi connectivity index (χ3v) is 5.55. The molecule has 0 spiro atoms. The highest BCUT2D eigenvalue weighted by atomic mass is 16.5. The highest BCUT2D eigenvalue weighted by Gasteiger charge is 2.30. The molecule has 30 heavy (non-hydrogen) atoms. The van der Waals surface area contributed by atoms with Crippen molar-refractivity contribution in [2.24, 2.45) is 17.8 Å². The standard InChI is InChI=1S/C25H41NO4/c1-6-8-15-29-24(27)20(4)17-19(3)23(25(28)30-16-9-7-2)18-26-21(5)22-13-11-10-12-14-22/h10-14,19-21,23,26H,6-9,15-18H2,1-5H3. The summed E-state index contributed by atoms with van der Waals surface area (Å²) in [6, 6.07) is 10.3. The number of nitrogens with one attached hydrogen (secondary N) is 1.